The molecule has 15 heavy (non-hydrogen) atoms. The van der Waals surface area contributed by atoms with Gasteiger partial charge < -0.3 is 10.8 Å². The van der Waals surface area contributed by atoms with Gasteiger partial charge in [0.25, 0.3) is 0 Å². The molecule has 0 heterocycles. The number of hydrogen-bond donors (Lipinski definition) is 0. The fourth-order valence-electron chi connectivity index (χ4n) is 1.76. The smallest absolute Gasteiger partial charge is 0.538 e. The van der Waals surface area contributed by atoms with Gasteiger partial charge in [-0.15, -0.1) is 0 Å². The van der Waals surface area contributed by atoms with Gasteiger partial charge in [0, 0.05) is 0 Å². The van der Waals surface area contributed by atoms with E-state index >= 15 is 0 Å². The van der Waals surface area contributed by atoms with Crippen molar-refractivity contribution in [2.24, 2.45) is 11.3 Å². The second-order valence-electron chi connectivity index (χ2n) is 5.35. The monoisotopic (exact) mass is 202 g/mol. The molecule has 1 fully saturated rings. The molecule has 0 aromatic carbocycles. The number of hydrogen-bond acceptors (Lipinski definition) is 1. The summed E-state index contributed by atoms with van der Waals surface area (Å²) in [6.07, 6.45) is 11.9. The van der Waals surface area contributed by atoms with Crippen LogP contribution in [0.5, 0.6) is 0 Å². The van der Waals surface area contributed by atoms with E-state index in [-0.39, 0.29) is 24.3 Å². The summed E-state index contributed by atoms with van der Waals surface area (Å²) >= 11 is 0. The first-order chi connectivity index (χ1) is 6.58. The maximum Gasteiger partial charge on any atom is 1.00 e. The first-order valence-corrected chi connectivity index (χ1v) is 5.79. The van der Waals surface area contributed by atoms with Gasteiger partial charge >= 0.3 is 18.9 Å². The average Bonchev–Trinajstić information content (AvgIpc) is 2.13. The predicted molar refractivity (Wildman–Crippen MR) is 59.8 cm³/mol. The zero-order valence-corrected chi connectivity index (χ0v) is 10.8. The van der Waals surface area contributed by atoms with Crippen molar-refractivity contribution in [3.8, 4) is 0 Å². The summed E-state index contributed by atoms with van der Waals surface area (Å²) < 4.78 is 5.51. The minimum Gasteiger partial charge on any atom is -0.538 e. The summed E-state index contributed by atoms with van der Waals surface area (Å²) in [5.74, 6) is 0.793. The molecular formula is C13H23LiO. The first-order valence-electron chi connectivity index (χ1n) is 5.79. The molecule has 0 radical (unpaired) electrons. The van der Waals surface area contributed by atoms with Gasteiger partial charge in [-0.2, -0.15) is 5.41 Å². The Balaban J connectivity index is 0.00000196. The van der Waals surface area contributed by atoms with Crippen LogP contribution in [-0.2, 0) is 4.74 Å². The Bertz CT molecular complexity index is 175. The van der Waals surface area contributed by atoms with E-state index in [1.807, 2.05) is 0 Å². The number of ether oxygens (including phenoxy) is 1. The number of allylic oxidation sites excluding steroid dienone is 1. The van der Waals surface area contributed by atoms with Gasteiger partial charge in [-0.05, 0) is 18.8 Å². The summed E-state index contributed by atoms with van der Waals surface area (Å²) in [5, 5.41) is 0. The van der Waals surface area contributed by atoms with Gasteiger partial charge in [0.1, 0.15) is 0 Å². The molecule has 0 amide bonds. The molecule has 0 N–H and O–H groups in total. The quantitative estimate of drug-likeness (QED) is 0.376. The molecule has 0 aromatic rings. The van der Waals surface area contributed by atoms with E-state index in [9.17, 15) is 0 Å². The zero-order valence-electron chi connectivity index (χ0n) is 10.8. The molecule has 0 saturated heterocycles. The second-order valence-corrected chi connectivity index (χ2v) is 5.35. The molecule has 0 aromatic heterocycles. The van der Waals surface area contributed by atoms with E-state index in [4.69, 9.17) is 4.74 Å². The molecule has 82 valence electrons. The van der Waals surface area contributed by atoms with Crippen LogP contribution in [0.1, 0.15) is 52.9 Å². The third-order valence-corrected chi connectivity index (χ3v) is 2.63. The van der Waals surface area contributed by atoms with Crippen LogP contribution in [0.25, 0.3) is 0 Å². The molecule has 2 heteroatoms. The van der Waals surface area contributed by atoms with Gasteiger partial charge in [-0.25, -0.2) is 0 Å². The van der Waals surface area contributed by atoms with Gasteiger partial charge in [0.05, 0.1) is 6.61 Å². The zero-order chi connectivity index (χ0) is 10.4. The van der Waals surface area contributed by atoms with Crippen molar-refractivity contribution < 1.29 is 23.6 Å². The number of rotatable bonds is 3. The molecule has 0 unspecified atom stereocenters. The van der Waals surface area contributed by atoms with Crippen molar-refractivity contribution in [2.75, 3.05) is 6.61 Å². The largest absolute Gasteiger partial charge is 1.00 e. The molecule has 1 aliphatic carbocycles. The average molecular weight is 202 g/mol. The van der Waals surface area contributed by atoms with E-state index < -0.39 is 0 Å². The molecule has 1 aliphatic rings. The van der Waals surface area contributed by atoms with Crippen molar-refractivity contribution >= 4 is 0 Å². The van der Waals surface area contributed by atoms with Crippen molar-refractivity contribution in [3.63, 3.8) is 0 Å². The molecule has 0 aliphatic heterocycles. The summed E-state index contributed by atoms with van der Waals surface area (Å²) in [6.45, 7) is 7.29. The fourth-order valence-corrected chi connectivity index (χ4v) is 1.76. The molecule has 1 nitrogen and oxygen atoms in total. The third-order valence-electron chi connectivity index (χ3n) is 2.63. The van der Waals surface area contributed by atoms with Crippen LogP contribution < -0.4 is 18.9 Å². The van der Waals surface area contributed by atoms with Crippen LogP contribution in [0.3, 0.4) is 0 Å². The molecule has 0 atom stereocenters. The Morgan fingerprint density at radius 2 is 1.80 bits per heavy atom. The van der Waals surface area contributed by atoms with E-state index in [2.05, 4.69) is 26.8 Å². The fraction of sp³-hybridized carbons (Fsp3) is 0.846. The minimum atomic E-state index is 0. The summed E-state index contributed by atoms with van der Waals surface area (Å²) in [6, 6.07) is 0. The van der Waals surface area contributed by atoms with E-state index in [0.29, 0.717) is 0 Å². The maximum absolute atomic E-state index is 5.51. The summed E-state index contributed by atoms with van der Waals surface area (Å²) in [4.78, 5) is 0. The van der Waals surface area contributed by atoms with Crippen molar-refractivity contribution in [1.82, 2.24) is 0 Å². The maximum atomic E-state index is 5.51. The van der Waals surface area contributed by atoms with Gasteiger partial charge in [-0.3, -0.25) is 0 Å². The Hall–Kier alpha value is 0.137. The van der Waals surface area contributed by atoms with Gasteiger partial charge in [0.2, 0.25) is 0 Å². The van der Waals surface area contributed by atoms with Crippen LogP contribution >= 0.6 is 0 Å². The van der Waals surface area contributed by atoms with E-state index in [1.54, 1.807) is 6.26 Å². The van der Waals surface area contributed by atoms with Crippen LogP contribution in [0.2, 0.25) is 0 Å². The summed E-state index contributed by atoms with van der Waals surface area (Å²) in [5.41, 5.74) is 0.118. The van der Waals surface area contributed by atoms with Crippen molar-refractivity contribution in [2.45, 2.75) is 52.9 Å². The molecule has 1 rings (SSSR count). The Labute approximate surface area is 107 Å². The Kier molecular flexibility index (Phi) is 7.49. The normalized spacial score (nSPS) is 18.9. The SMILES string of the molecule is CC(C)(C)[C-]=COCC1CCCCC1.[Li+]. The van der Waals surface area contributed by atoms with E-state index in [1.165, 1.54) is 32.1 Å². The first kappa shape index (κ1) is 15.1. The van der Waals surface area contributed by atoms with Crippen molar-refractivity contribution in [3.05, 3.63) is 12.3 Å². The molecule has 0 bridgehead atoms. The van der Waals surface area contributed by atoms with Crippen LogP contribution in [0, 0.1) is 17.4 Å². The van der Waals surface area contributed by atoms with Crippen molar-refractivity contribution in [1.29, 1.82) is 0 Å². The Morgan fingerprint density at radius 3 is 2.33 bits per heavy atom. The predicted octanol–water partition coefficient (Wildman–Crippen LogP) is 0.950. The third kappa shape index (κ3) is 8.00. The summed E-state index contributed by atoms with van der Waals surface area (Å²) in [7, 11) is 0. The van der Waals surface area contributed by atoms with Crippen LogP contribution in [0.4, 0.5) is 0 Å². The molecule has 1 saturated carbocycles. The molecular weight excluding hydrogens is 179 g/mol. The second kappa shape index (κ2) is 7.42. The van der Waals surface area contributed by atoms with Gasteiger partial charge in [-0.1, -0.05) is 46.3 Å². The van der Waals surface area contributed by atoms with E-state index in [0.717, 1.165) is 12.5 Å². The van der Waals surface area contributed by atoms with Crippen LogP contribution in [0.15, 0.2) is 6.26 Å². The Morgan fingerprint density at radius 1 is 1.20 bits per heavy atom. The van der Waals surface area contributed by atoms with Gasteiger partial charge in [0.15, 0.2) is 0 Å². The van der Waals surface area contributed by atoms with Crippen LogP contribution in [-0.4, -0.2) is 6.61 Å². The standard InChI is InChI=1S/C13H23O.Li/c1-13(2,3)9-10-14-11-12-7-5-4-6-8-12;/h10,12H,4-8,11H2,1-3H3;/q-1;+1. The molecule has 0 spiro atoms. The minimum absolute atomic E-state index is 0. The topological polar surface area (TPSA) is 9.23 Å².